The summed E-state index contributed by atoms with van der Waals surface area (Å²) in [4.78, 5) is 31.9. The Kier molecular flexibility index (Phi) is 10.9. The van der Waals surface area contributed by atoms with Gasteiger partial charge in [0.15, 0.2) is 0 Å². The summed E-state index contributed by atoms with van der Waals surface area (Å²) in [5.74, 6) is -1.45. The van der Waals surface area contributed by atoms with Gasteiger partial charge in [0.25, 0.3) is 0 Å². The van der Waals surface area contributed by atoms with Crippen LogP contribution in [0.4, 0.5) is 0 Å². The van der Waals surface area contributed by atoms with Gasteiger partial charge in [-0.1, -0.05) is 0 Å². The lowest BCUT2D eigenvalue weighted by atomic mass is 10.1. The molecule has 0 unspecified atom stereocenters. The van der Waals surface area contributed by atoms with Crippen molar-refractivity contribution in [3.05, 3.63) is 0 Å². The highest BCUT2D eigenvalue weighted by molar-refractivity contribution is 5.74. The van der Waals surface area contributed by atoms with Gasteiger partial charge in [0.1, 0.15) is 0 Å². The molecule has 0 atom stereocenters. The number of rotatable bonds is 15. The van der Waals surface area contributed by atoms with Gasteiger partial charge in [-0.05, 0) is 0 Å². The molecule has 0 saturated carbocycles. The molecule has 0 fully saturated rings. The zero-order chi connectivity index (χ0) is 17.7. The minimum Gasteiger partial charge on any atom is -0.379 e. The van der Waals surface area contributed by atoms with Gasteiger partial charge >= 0.3 is 0 Å². The Balaban J connectivity index is 4.23. The molecule has 10 heteroatoms. The number of carbonyl (C=O) groups excluding carboxylic acids is 3. The number of hydrogen-bond acceptors (Lipinski definition) is 7. The Morgan fingerprint density at radius 3 is 1.13 bits per heavy atom. The molecule has 10 nitrogen and oxygen atoms in total. The molecule has 0 spiro atoms. The van der Waals surface area contributed by atoms with Crippen LogP contribution in [0.3, 0.4) is 0 Å². The highest BCUT2D eigenvalue weighted by atomic mass is 16.5. The van der Waals surface area contributed by atoms with Gasteiger partial charge in [-0.25, -0.2) is 0 Å². The maximum Gasteiger partial charge on any atom is 0.219 e. The van der Waals surface area contributed by atoms with Crippen molar-refractivity contribution >= 4 is 17.7 Å². The summed E-state index contributed by atoms with van der Waals surface area (Å²) >= 11 is 0. The van der Waals surface area contributed by atoms with Gasteiger partial charge < -0.3 is 37.1 Å². The summed E-state index contributed by atoms with van der Waals surface area (Å²) in [7, 11) is 0. The molecule has 0 aromatic carbocycles. The fourth-order valence-electron chi connectivity index (χ4n) is 1.47. The molecule has 23 heavy (non-hydrogen) atoms. The zero-order valence-corrected chi connectivity index (χ0v) is 13.1. The summed E-state index contributed by atoms with van der Waals surface area (Å²) < 4.78 is 15.9. The summed E-state index contributed by atoms with van der Waals surface area (Å²) in [6, 6.07) is 0. The second kappa shape index (κ2) is 11.8. The molecule has 0 aliphatic carbocycles. The SMILES string of the molecule is NC(=O)CCOCC(N)(COCCC(N)=O)COCCC(N)=O. The van der Waals surface area contributed by atoms with Crippen LogP contribution in [0.1, 0.15) is 19.3 Å². The first-order chi connectivity index (χ1) is 10.7. The second-order valence-electron chi connectivity index (χ2n) is 5.17. The Hall–Kier alpha value is -1.75. The van der Waals surface area contributed by atoms with Crippen molar-refractivity contribution in [2.45, 2.75) is 24.8 Å². The Labute approximate surface area is 134 Å². The number of nitrogens with two attached hydrogens (primary N) is 4. The smallest absolute Gasteiger partial charge is 0.219 e. The first-order valence-electron chi connectivity index (χ1n) is 7.12. The molecule has 0 rings (SSSR count). The van der Waals surface area contributed by atoms with E-state index in [1.807, 2.05) is 0 Å². The van der Waals surface area contributed by atoms with Crippen molar-refractivity contribution in [1.29, 1.82) is 0 Å². The largest absolute Gasteiger partial charge is 0.379 e. The van der Waals surface area contributed by atoms with E-state index in [1.165, 1.54) is 0 Å². The fraction of sp³-hybridized carbons (Fsp3) is 0.769. The number of ether oxygens (including phenoxy) is 3. The molecule has 0 heterocycles. The van der Waals surface area contributed by atoms with Gasteiger partial charge in [0.2, 0.25) is 17.7 Å². The van der Waals surface area contributed by atoms with E-state index in [4.69, 9.17) is 37.1 Å². The topological polar surface area (TPSA) is 183 Å². The summed E-state index contributed by atoms with van der Waals surface area (Å²) in [5, 5.41) is 0. The van der Waals surface area contributed by atoms with Crippen LogP contribution in [0, 0.1) is 0 Å². The fourth-order valence-corrected chi connectivity index (χ4v) is 1.47. The summed E-state index contributed by atoms with van der Waals surface area (Å²) in [6.07, 6.45) is 0.212. The van der Waals surface area contributed by atoms with Crippen molar-refractivity contribution in [2.75, 3.05) is 39.6 Å². The summed E-state index contributed by atoms with van der Waals surface area (Å²) in [6.45, 7) is 0.513. The van der Waals surface area contributed by atoms with Gasteiger partial charge in [-0.3, -0.25) is 14.4 Å². The molecule has 134 valence electrons. The van der Waals surface area contributed by atoms with Crippen molar-refractivity contribution in [1.82, 2.24) is 0 Å². The van der Waals surface area contributed by atoms with Crippen LogP contribution < -0.4 is 22.9 Å². The van der Waals surface area contributed by atoms with Crippen LogP contribution in [0.5, 0.6) is 0 Å². The minimum atomic E-state index is -1.01. The highest BCUT2D eigenvalue weighted by Crippen LogP contribution is 2.06. The van der Waals surface area contributed by atoms with E-state index in [2.05, 4.69) is 0 Å². The zero-order valence-electron chi connectivity index (χ0n) is 13.1. The van der Waals surface area contributed by atoms with Crippen LogP contribution in [-0.2, 0) is 28.6 Å². The molecular formula is C13H26N4O6. The first kappa shape index (κ1) is 21.2. The maximum atomic E-state index is 10.6. The highest BCUT2D eigenvalue weighted by Gasteiger charge is 2.26. The quantitative estimate of drug-likeness (QED) is 0.236. The van der Waals surface area contributed by atoms with Gasteiger partial charge in [0.05, 0.1) is 45.2 Å². The normalized spacial score (nSPS) is 11.3. The number of hydrogen-bond donors (Lipinski definition) is 4. The average molecular weight is 334 g/mol. The molecule has 0 saturated heterocycles. The van der Waals surface area contributed by atoms with Crippen molar-refractivity contribution in [2.24, 2.45) is 22.9 Å². The molecule has 0 aromatic heterocycles. The molecular weight excluding hydrogens is 308 g/mol. The van der Waals surface area contributed by atoms with Gasteiger partial charge in [0, 0.05) is 19.3 Å². The molecule has 0 aromatic rings. The minimum absolute atomic E-state index is 0.0490. The first-order valence-corrected chi connectivity index (χ1v) is 7.12. The molecule has 8 N–H and O–H groups in total. The van der Waals surface area contributed by atoms with E-state index >= 15 is 0 Å². The van der Waals surface area contributed by atoms with E-state index in [0.29, 0.717) is 0 Å². The van der Waals surface area contributed by atoms with Crippen molar-refractivity contribution < 1.29 is 28.6 Å². The molecule has 0 bridgehead atoms. The lowest BCUT2D eigenvalue weighted by Crippen LogP contribution is -2.53. The third kappa shape index (κ3) is 13.6. The predicted molar refractivity (Wildman–Crippen MR) is 80.8 cm³/mol. The van der Waals surface area contributed by atoms with Crippen LogP contribution in [0.25, 0.3) is 0 Å². The Morgan fingerprint density at radius 1 is 0.652 bits per heavy atom. The monoisotopic (exact) mass is 334 g/mol. The maximum absolute atomic E-state index is 10.6. The number of carbonyl (C=O) groups is 3. The number of primary amides is 3. The third-order valence-corrected chi connectivity index (χ3v) is 2.65. The van der Waals surface area contributed by atoms with E-state index in [0.717, 1.165) is 0 Å². The van der Waals surface area contributed by atoms with Crippen molar-refractivity contribution in [3.63, 3.8) is 0 Å². The van der Waals surface area contributed by atoms with E-state index < -0.39 is 23.3 Å². The standard InChI is InChI=1S/C13H26N4O6/c14-10(18)1-4-21-7-13(17,8-22-5-2-11(15)19)9-23-6-3-12(16)20/h1-9,17H2,(H2,14,18)(H2,15,19)(H2,16,20). The molecule has 3 amide bonds. The van der Waals surface area contributed by atoms with E-state index in [-0.39, 0.29) is 58.9 Å². The van der Waals surface area contributed by atoms with E-state index in [9.17, 15) is 14.4 Å². The molecule has 0 aliphatic rings. The predicted octanol–water partition coefficient (Wildman–Crippen LogP) is -2.64. The molecule has 0 radical (unpaired) electrons. The number of amides is 3. The Bertz CT molecular complexity index is 336. The average Bonchev–Trinajstić information content (AvgIpc) is 2.44. The van der Waals surface area contributed by atoms with Crippen LogP contribution in [0.2, 0.25) is 0 Å². The molecule has 0 aliphatic heterocycles. The lowest BCUT2D eigenvalue weighted by Gasteiger charge is -2.28. The van der Waals surface area contributed by atoms with Crippen LogP contribution in [0.15, 0.2) is 0 Å². The van der Waals surface area contributed by atoms with Crippen LogP contribution in [-0.4, -0.2) is 62.9 Å². The third-order valence-electron chi connectivity index (χ3n) is 2.65. The Morgan fingerprint density at radius 2 is 0.913 bits per heavy atom. The summed E-state index contributed by atoms with van der Waals surface area (Å²) in [5.41, 5.74) is 20.1. The lowest BCUT2D eigenvalue weighted by molar-refractivity contribution is -0.119. The van der Waals surface area contributed by atoms with Gasteiger partial charge in [-0.15, -0.1) is 0 Å². The second-order valence-corrected chi connectivity index (χ2v) is 5.17. The van der Waals surface area contributed by atoms with Crippen molar-refractivity contribution in [3.8, 4) is 0 Å². The van der Waals surface area contributed by atoms with Gasteiger partial charge in [-0.2, -0.15) is 0 Å². The van der Waals surface area contributed by atoms with E-state index in [1.54, 1.807) is 0 Å². The van der Waals surface area contributed by atoms with Crippen LogP contribution >= 0.6 is 0 Å².